The zero-order valence-electron chi connectivity index (χ0n) is 6.40. The summed E-state index contributed by atoms with van der Waals surface area (Å²) < 4.78 is 0. The smallest absolute Gasteiger partial charge is 0.144 e. The molecule has 0 amide bonds. The zero-order valence-corrected chi connectivity index (χ0v) is 7.21. The second-order valence-electron chi connectivity index (χ2n) is 1.95. The molecule has 0 N–H and O–H groups in total. The molecule has 0 saturated heterocycles. The van der Waals surface area contributed by atoms with Gasteiger partial charge in [-0.2, -0.15) is 5.26 Å². The molecule has 3 nitrogen and oxygen atoms in total. The number of nitriles is 1. The highest BCUT2D eigenvalue weighted by molar-refractivity contribution is 7.99. The van der Waals surface area contributed by atoms with Gasteiger partial charge < -0.3 is 0 Å². The minimum atomic E-state index is 0.400. The van der Waals surface area contributed by atoms with Gasteiger partial charge in [0, 0.05) is 11.8 Å². The maximum atomic E-state index is 8.52. The predicted molar refractivity (Wildman–Crippen MR) is 47.7 cm³/mol. The molecule has 0 bridgehead atoms. The Hall–Kier alpha value is -1.34. The second kappa shape index (κ2) is 4.52. The van der Waals surface area contributed by atoms with Gasteiger partial charge in [-0.25, -0.2) is 9.97 Å². The fourth-order valence-electron chi connectivity index (χ4n) is 0.624. The number of rotatable bonds is 3. The zero-order chi connectivity index (χ0) is 8.81. The van der Waals surface area contributed by atoms with E-state index in [0.717, 1.165) is 10.8 Å². The Balaban J connectivity index is 2.74. The third-order valence-corrected chi connectivity index (χ3v) is 2.03. The average Bonchev–Trinajstić information content (AvgIpc) is 2.15. The molecular formula is C8H7N3S. The molecule has 1 aromatic heterocycles. The molecular weight excluding hydrogens is 170 g/mol. The monoisotopic (exact) mass is 177 g/mol. The molecule has 0 aliphatic carbocycles. The first-order valence-electron chi connectivity index (χ1n) is 3.32. The molecule has 60 valence electrons. The average molecular weight is 177 g/mol. The lowest BCUT2D eigenvalue weighted by atomic mass is 10.4. The van der Waals surface area contributed by atoms with Gasteiger partial charge in [-0.05, 0) is 0 Å². The minimum Gasteiger partial charge on any atom is -0.230 e. The first kappa shape index (κ1) is 8.75. The Bertz CT molecular complexity index is 316. The van der Waals surface area contributed by atoms with E-state index < -0.39 is 0 Å². The summed E-state index contributed by atoms with van der Waals surface area (Å²) >= 11 is 1.53. The number of hydrogen-bond acceptors (Lipinski definition) is 4. The van der Waals surface area contributed by atoms with Crippen LogP contribution >= 0.6 is 11.8 Å². The topological polar surface area (TPSA) is 49.6 Å². The summed E-state index contributed by atoms with van der Waals surface area (Å²) in [4.78, 5) is 7.73. The molecule has 1 heterocycles. The van der Waals surface area contributed by atoms with Crippen molar-refractivity contribution in [1.29, 1.82) is 5.26 Å². The molecule has 4 heteroatoms. The molecule has 0 aliphatic rings. The van der Waals surface area contributed by atoms with Crippen molar-refractivity contribution in [3.8, 4) is 6.07 Å². The van der Waals surface area contributed by atoms with Gasteiger partial charge >= 0.3 is 0 Å². The van der Waals surface area contributed by atoms with Crippen LogP contribution in [0.4, 0.5) is 0 Å². The van der Waals surface area contributed by atoms with Gasteiger partial charge in [0.25, 0.3) is 0 Å². The van der Waals surface area contributed by atoms with Crippen molar-refractivity contribution in [3.05, 3.63) is 30.7 Å². The van der Waals surface area contributed by atoms with E-state index in [1.54, 1.807) is 12.1 Å². The van der Waals surface area contributed by atoms with E-state index in [2.05, 4.69) is 16.5 Å². The predicted octanol–water partition coefficient (Wildman–Crippen LogP) is 1.63. The van der Waals surface area contributed by atoms with Gasteiger partial charge in [-0.1, -0.05) is 6.08 Å². The molecule has 0 fully saturated rings. The SMILES string of the molecule is C=CCSc1cc(C#N)ncn1. The van der Waals surface area contributed by atoms with Crippen LogP contribution in [-0.2, 0) is 0 Å². The second-order valence-corrected chi connectivity index (χ2v) is 2.99. The molecule has 0 spiro atoms. The molecule has 0 atom stereocenters. The normalized spacial score (nSPS) is 8.92. The van der Waals surface area contributed by atoms with Crippen LogP contribution in [0.25, 0.3) is 0 Å². The molecule has 0 aromatic carbocycles. The standard InChI is InChI=1S/C8H7N3S/c1-2-3-12-8-4-7(5-9)10-6-11-8/h2,4,6H,1,3H2. The van der Waals surface area contributed by atoms with Crippen LogP contribution in [-0.4, -0.2) is 15.7 Å². The van der Waals surface area contributed by atoms with Crippen molar-refractivity contribution in [1.82, 2.24) is 9.97 Å². The van der Waals surface area contributed by atoms with Crippen molar-refractivity contribution in [2.45, 2.75) is 5.03 Å². The third kappa shape index (κ3) is 2.36. The van der Waals surface area contributed by atoms with E-state index in [0.29, 0.717) is 5.69 Å². The maximum absolute atomic E-state index is 8.52. The lowest BCUT2D eigenvalue weighted by Gasteiger charge is -1.95. The Morgan fingerprint density at radius 1 is 1.67 bits per heavy atom. The van der Waals surface area contributed by atoms with Crippen LogP contribution < -0.4 is 0 Å². The summed E-state index contributed by atoms with van der Waals surface area (Å²) in [5.41, 5.74) is 0.400. The molecule has 0 aliphatic heterocycles. The molecule has 0 unspecified atom stereocenters. The van der Waals surface area contributed by atoms with Crippen LogP contribution in [0.5, 0.6) is 0 Å². The summed E-state index contributed by atoms with van der Waals surface area (Å²) in [5.74, 6) is 0.794. The largest absolute Gasteiger partial charge is 0.230 e. The van der Waals surface area contributed by atoms with Crippen LogP contribution in [0.1, 0.15) is 5.69 Å². The summed E-state index contributed by atoms with van der Waals surface area (Å²) in [5, 5.41) is 9.32. The highest BCUT2D eigenvalue weighted by Crippen LogP contribution is 2.14. The fraction of sp³-hybridized carbons (Fsp3) is 0.125. The van der Waals surface area contributed by atoms with Gasteiger partial charge in [0.15, 0.2) is 0 Å². The van der Waals surface area contributed by atoms with E-state index >= 15 is 0 Å². The molecule has 1 aromatic rings. The summed E-state index contributed by atoms with van der Waals surface area (Å²) in [6.07, 6.45) is 3.18. The van der Waals surface area contributed by atoms with E-state index in [4.69, 9.17) is 5.26 Å². The fourth-order valence-corrected chi connectivity index (χ4v) is 1.23. The van der Waals surface area contributed by atoms with Crippen LogP contribution in [0.2, 0.25) is 0 Å². The third-order valence-electron chi connectivity index (χ3n) is 1.11. The van der Waals surface area contributed by atoms with E-state index in [1.807, 2.05) is 6.07 Å². The van der Waals surface area contributed by atoms with Gasteiger partial charge in [0.1, 0.15) is 23.1 Å². The van der Waals surface area contributed by atoms with Gasteiger partial charge in [0.2, 0.25) is 0 Å². The van der Waals surface area contributed by atoms with Gasteiger partial charge in [0.05, 0.1) is 0 Å². The summed E-state index contributed by atoms with van der Waals surface area (Å²) in [6.45, 7) is 3.59. The van der Waals surface area contributed by atoms with E-state index in [1.165, 1.54) is 18.1 Å². The Morgan fingerprint density at radius 3 is 3.17 bits per heavy atom. The lowest BCUT2D eigenvalue weighted by molar-refractivity contribution is 1.03. The molecule has 1 rings (SSSR count). The van der Waals surface area contributed by atoms with E-state index in [9.17, 15) is 0 Å². The molecule has 0 saturated carbocycles. The maximum Gasteiger partial charge on any atom is 0.144 e. The number of nitrogens with zero attached hydrogens (tertiary/aromatic N) is 3. The first-order valence-corrected chi connectivity index (χ1v) is 4.31. The van der Waals surface area contributed by atoms with Crippen molar-refractivity contribution < 1.29 is 0 Å². The quantitative estimate of drug-likeness (QED) is 0.400. The van der Waals surface area contributed by atoms with Crippen molar-refractivity contribution in [2.24, 2.45) is 0 Å². The van der Waals surface area contributed by atoms with E-state index in [-0.39, 0.29) is 0 Å². The summed E-state index contributed by atoms with van der Waals surface area (Å²) in [6, 6.07) is 3.61. The number of aromatic nitrogens is 2. The van der Waals surface area contributed by atoms with Crippen molar-refractivity contribution in [2.75, 3.05) is 5.75 Å². The Labute approximate surface area is 75.2 Å². The lowest BCUT2D eigenvalue weighted by Crippen LogP contribution is -1.86. The highest BCUT2D eigenvalue weighted by Gasteiger charge is 1.96. The van der Waals surface area contributed by atoms with Crippen LogP contribution in [0.3, 0.4) is 0 Å². The van der Waals surface area contributed by atoms with Gasteiger partial charge in [-0.3, -0.25) is 0 Å². The number of thioether (sulfide) groups is 1. The number of hydrogen-bond donors (Lipinski definition) is 0. The highest BCUT2D eigenvalue weighted by atomic mass is 32.2. The Morgan fingerprint density at radius 2 is 2.50 bits per heavy atom. The van der Waals surface area contributed by atoms with Crippen molar-refractivity contribution >= 4 is 11.8 Å². The van der Waals surface area contributed by atoms with Crippen molar-refractivity contribution in [3.63, 3.8) is 0 Å². The van der Waals surface area contributed by atoms with Crippen LogP contribution in [0, 0.1) is 11.3 Å². The molecule has 0 radical (unpaired) electrons. The minimum absolute atomic E-state index is 0.400. The first-order chi connectivity index (χ1) is 5.86. The van der Waals surface area contributed by atoms with Gasteiger partial charge in [-0.15, -0.1) is 18.3 Å². The summed E-state index contributed by atoms with van der Waals surface area (Å²) in [7, 11) is 0. The van der Waals surface area contributed by atoms with Crippen LogP contribution in [0.15, 0.2) is 30.1 Å². The molecule has 12 heavy (non-hydrogen) atoms. The Kier molecular flexibility index (Phi) is 3.30.